The number of carbonyl (C=O) groups is 2. The minimum absolute atomic E-state index is 0.438. The third-order valence-corrected chi connectivity index (χ3v) is 3.93. The molecule has 0 aromatic carbocycles. The number of hydrogen-bond donors (Lipinski definition) is 2. The Hall–Kier alpha value is -1.15. The Morgan fingerprint density at radius 3 is 2.00 bits per heavy atom. The zero-order valence-electron chi connectivity index (χ0n) is 10.1. The van der Waals surface area contributed by atoms with Crippen LogP contribution in [-0.2, 0) is 24.3 Å². The summed E-state index contributed by atoms with van der Waals surface area (Å²) in [7, 11) is -3.01. The summed E-state index contributed by atoms with van der Waals surface area (Å²) in [5.74, 6) is -2.67. The van der Waals surface area contributed by atoms with Crippen LogP contribution in [0.25, 0.3) is 0 Å². The molecule has 2 atom stereocenters. The van der Waals surface area contributed by atoms with Crippen molar-refractivity contribution in [2.75, 3.05) is 7.11 Å². The molecule has 100 valence electrons. The van der Waals surface area contributed by atoms with Gasteiger partial charge in [-0.25, -0.2) is 8.42 Å². The molecule has 0 saturated carbocycles. The molecule has 2 unspecified atom stereocenters. The van der Waals surface area contributed by atoms with E-state index in [1.54, 1.807) is 13.8 Å². The fraction of sp³-hybridized carbons (Fsp3) is 0.778. The van der Waals surface area contributed by atoms with Crippen LogP contribution < -0.4 is 4.72 Å². The molecule has 0 saturated heterocycles. The van der Waals surface area contributed by atoms with Crippen molar-refractivity contribution in [3.05, 3.63) is 0 Å². The van der Waals surface area contributed by atoms with Gasteiger partial charge in [0.05, 0.1) is 7.11 Å². The average molecular weight is 267 g/mol. The fourth-order valence-electron chi connectivity index (χ4n) is 1.04. The second-order valence-corrected chi connectivity index (χ2v) is 5.92. The summed E-state index contributed by atoms with van der Waals surface area (Å²) in [6.45, 7) is 4.25. The van der Waals surface area contributed by atoms with Gasteiger partial charge in [0.1, 0.15) is 6.04 Å². The fourth-order valence-corrected chi connectivity index (χ4v) is 2.32. The number of carbonyl (C=O) groups excluding carboxylic acids is 1. The van der Waals surface area contributed by atoms with Crippen LogP contribution in [0.2, 0.25) is 0 Å². The summed E-state index contributed by atoms with van der Waals surface area (Å²) in [6.07, 6.45) is 0. The van der Waals surface area contributed by atoms with Crippen molar-refractivity contribution in [1.82, 2.24) is 4.72 Å². The van der Waals surface area contributed by atoms with Crippen molar-refractivity contribution in [3.8, 4) is 0 Å². The van der Waals surface area contributed by atoms with Gasteiger partial charge in [0.25, 0.3) is 0 Å². The number of carboxylic acid groups (broad SMARTS) is 1. The predicted molar refractivity (Wildman–Crippen MR) is 59.8 cm³/mol. The highest BCUT2D eigenvalue weighted by atomic mass is 32.2. The summed E-state index contributed by atoms with van der Waals surface area (Å²) in [5.41, 5.74) is 0. The van der Waals surface area contributed by atoms with E-state index in [-0.39, 0.29) is 0 Å². The summed E-state index contributed by atoms with van der Waals surface area (Å²) in [4.78, 5) is 21.9. The molecule has 2 N–H and O–H groups in total. The van der Waals surface area contributed by atoms with Gasteiger partial charge in [0.2, 0.25) is 10.0 Å². The Balaban J connectivity index is 4.97. The van der Waals surface area contributed by atoms with Crippen molar-refractivity contribution in [2.24, 2.45) is 5.92 Å². The third kappa shape index (κ3) is 4.31. The first-order chi connectivity index (χ1) is 7.63. The monoisotopic (exact) mass is 267 g/mol. The number of methoxy groups -OCH3 is 1. The normalized spacial score (nSPS) is 15.4. The van der Waals surface area contributed by atoms with Crippen LogP contribution in [0, 0.1) is 5.92 Å². The zero-order valence-corrected chi connectivity index (χ0v) is 10.9. The van der Waals surface area contributed by atoms with Crippen molar-refractivity contribution in [3.63, 3.8) is 0 Å². The average Bonchev–Trinajstić information content (AvgIpc) is 2.22. The molecule has 0 radical (unpaired) electrons. The van der Waals surface area contributed by atoms with E-state index in [4.69, 9.17) is 5.11 Å². The van der Waals surface area contributed by atoms with E-state index in [1.807, 2.05) is 4.72 Å². The van der Waals surface area contributed by atoms with Crippen LogP contribution in [0.3, 0.4) is 0 Å². The van der Waals surface area contributed by atoms with Crippen LogP contribution >= 0.6 is 0 Å². The molecule has 0 amide bonds. The molecule has 0 rings (SSSR count). The predicted octanol–water partition coefficient (Wildman–Crippen LogP) is -0.423. The van der Waals surface area contributed by atoms with E-state index in [0.717, 1.165) is 14.0 Å². The number of rotatable bonds is 6. The lowest BCUT2D eigenvalue weighted by Gasteiger charge is -2.20. The molecule has 0 fully saturated rings. The molecule has 7 nitrogen and oxygen atoms in total. The van der Waals surface area contributed by atoms with Gasteiger partial charge in [0.15, 0.2) is 5.25 Å². The molecule has 8 heteroatoms. The Labute approximate surface area is 100 Å². The third-order valence-electron chi connectivity index (χ3n) is 2.22. The van der Waals surface area contributed by atoms with E-state index in [1.165, 1.54) is 0 Å². The van der Waals surface area contributed by atoms with Gasteiger partial charge in [-0.1, -0.05) is 13.8 Å². The number of hydrogen-bond acceptors (Lipinski definition) is 5. The van der Waals surface area contributed by atoms with E-state index in [0.29, 0.717) is 0 Å². The Morgan fingerprint density at radius 1 is 1.24 bits per heavy atom. The summed E-state index contributed by atoms with van der Waals surface area (Å²) in [5, 5.41) is 7.39. The van der Waals surface area contributed by atoms with Crippen LogP contribution in [-0.4, -0.2) is 43.9 Å². The number of esters is 1. The zero-order chi connectivity index (χ0) is 13.8. The molecule has 0 heterocycles. The minimum Gasteiger partial charge on any atom is -0.480 e. The van der Waals surface area contributed by atoms with Crippen molar-refractivity contribution in [1.29, 1.82) is 0 Å². The smallest absolute Gasteiger partial charge is 0.325 e. The quantitative estimate of drug-likeness (QED) is 0.632. The van der Waals surface area contributed by atoms with Crippen molar-refractivity contribution < 1.29 is 27.9 Å². The van der Waals surface area contributed by atoms with Gasteiger partial charge < -0.3 is 9.84 Å². The van der Waals surface area contributed by atoms with Crippen molar-refractivity contribution >= 4 is 22.0 Å². The van der Waals surface area contributed by atoms with Gasteiger partial charge in [0, 0.05) is 0 Å². The minimum atomic E-state index is -4.07. The Bertz CT molecular complexity index is 388. The Kier molecular flexibility index (Phi) is 5.56. The van der Waals surface area contributed by atoms with E-state index in [2.05, 4.69) is 4.74 Å². The van der Waals surface area contributed by atoms with E-state index >= 15 is 0 Å². The number of nitrogens with one attached hydrogen (secondary N) is 1. The molecule has 0 aliphatic carbocycles. The highest BCUT2D eigenvalue weighted by Gasteiger charge is 2.34. The largest absolute Gasteiger partial charge is 0.480 e. The molecule has 17 heavy (non-hydrogen) atoms. The lowest BCUT2D eigenvalue weighted by atomic mass is 10.1. The molecular weight excluding hydrogens is 250 g/mol. The highest BCUT2D eigenvalue weighted by molar-refractivity contribution is 7.90. The molecule has 0 bridgehead atoms. The first kappa shape index (κ1) is 15.9. The molecule has 0 aromatic rings. The molecule has 0 aromatic heterocycles. The maximum absolute atomic E-state index is 11.7. The summed E-state index contributed by atoms with van der Waals surface area (Å²) < 4.78 is 29.6. The van der Waals surface area contributed by atoms with Gasteiger partial charge in [-0.05, 0) is 12.8 Å². The number of aliphatic carboxylic acids is 1. The number of carboxylic acids is 1. The van der Waals surface area contributed by atoms with E-state index < -0.39 is 39.2 Å². The van der Waals surface area contributed by atoms with Gasteiger partial charge in [-0.15, -0.1) is 0 Å². The SMILES string of the molecule is COC(=O)C(C)S(=O)(=O)NC(C(=O)O)C(C)C. The highest BCUT2D eigenvalue weighted by Crippen LogP contribution is 2.08. The van der Waals surface area contributed by atoms with Crippen LogP contribution in [0.5, 0.6) is 0 Å². The van der Waals surface area contributed by atoms with Crippen LogP contribution in [0.15, 0.2) is 0 Å². The van der Waals surface area contributed by atoms with Gasteiger partial charge >= 0.3 is 11.9 Å². The maximum Gasteiger partial charge on any atom is 0.325 e. The topological polar surface area (TPSA) is 110 Å². The summed E-state index contributed by atoms with van der Waals surface area (Å²) >= 11 is 0. The molecule has 0 spiro atoms. The lowest BCUT2D eigenvalue weighted by molar-refractivity contribution is -0.141. The lowest BCUT2D eigenvalue weighted by Crippen LogP contribution is -2.49. The van der Waals surface area contributed by atoms with Crippen LogP contribution in [0.4, 0.5) is 0 Å². The molecular formula is C9H17NO6S. The van der Waals surface area contributed by atoms with E-state index in [9.17, 15) is 18.0 Å². The van der Waals surface area contributed by atoms with Gasteiger partial charge in [-0.2, -0.15) is 4.72 Å². The standard InChI is InChI=1S/C9H17NO6S/c1-5(2)7(8(11)12)10-17(14,15)6(3)9(13)16-4/h5-7,10H,1-4H3,(H,11,12). The second-order valence-electron chi connectivity index (χ2n) is 3.89. The number of sulfonamides is 1. The number of ether oxygens (including phenoxy) is 1. The van der Waals surface area contributed by atoms with Crippen molar-refractivity contribution in [2.45, 2.75) is 32.1 Å². The summed E-state index contributed by atoms with van der Waals surface area (Å²) in [6, 6.07) is -1.27. The molecule has 0 aliphatic heterocycles. The van der Waals surface area contributed by atoms with Gasteiger partial charge in [-0.3, -0.25) is 9.59 Å². The second kappa shape index (κ2) is 5.97. The van der Waals surface area contributed by atoms with Crippen LogP contribution in [0.1, 0.15) is 20.8 Å². The first-order valence-corrected chi connectivity index (χ1v) is 6.50. The Morgan fingerprint density at radius 2 is 1.71 bits per heavy atom. The first-order valence-electron chi connectivity index (χ1n) is 4.95. The maximum atomic E-state index is 11.7. The molecule has 0 aliphatic rings.